The predicted molar refractivity (Wildman–Crippen MR) is 75.9 cm³/mol. The number of nitrogens with zero attached hydrogens (tertiary/aromatic N) is 2. The number of para-hydroxylation sites is 1. The first kappa shape index (κ1) is 13.1. The molecule has 21 heavy (non-hydrogen) atoms. The number of carbonyl (C=O) groups is 2. The summed E-state index contributed by atoms with van der Waals surface area (Å²) >= 11 is 0. The van der Waals surface area contributed by atoms with Crippen LogP contribution in [0.4, 0.5) is 5.69 Å². The molecule has 0 unspecified atom stereocenters. The van der Waals surface area contributed by atoms with Crippen molar-refractivity contribution in [3.05, 3.63) is 65.7 Å². The van der Waals surface area contributed by atoms with Crippen LogP contribution < -0.4 is 10.1 Å². The summed E-state index contributed by atoms with van der Waals surface area (Å²) < 4.78 is 0. The molecular formula is C16H11N2O3-. The average Bonchev–Trinajstić information content (AvgIpc) is 2.90. The fraction of sp³-hybridized carbons (Fsp3) is 0.0625. The molecule has 0 spiro atoms. The zero-order chi connectivity index (χ0) is 14.8. The van der Waals surface area contributed by atoms with Gasteiger partial charge in [0.25, 0.3) is 5.91 Å². The Labute approximate surface area is 121 Å². The summed E-state index contributed by atoms with van der Waals surface area (Å²) in [6.07, 6.45) is 0.144. The molecule has 3 rings (SSSR count). The van der Waals surface area contributed by atoms with Crippen LogP contribution in [0.15, 0.2) is 59.7 Å². The predicted octanol–water partition coefficient (Wildman–Crippen LogP) is 1.19. The van der Waals surface area contributed by atoms with Gasteiger partial charge in [-0.05, 0) is 11.6 Å². The Kier molecular flexibility index (Phi) is 3.23. The molecule has 1 amide bonds. The van der Waals surface area contributed by atoms with Crippen molar-refractivity contribution >= 4 is 23.3 Å². The van der Waals surface area contributed by atoms with Crippen molar-refractivity contribution in [2.24, 2.45) is 5.10 Å². The minimum atomic E-state index is -1.33. The van der Waals surface area contributed by atoms with Gasteiger partial charge >= 0.3 is 0 Å². The minimum absolute atomic E-state index is 0.0519. The lowest BCUT2D eigenvalue weighted by Gasteiger charge is -2.16. The largest absolute Gasteiger partial charge is 0.545 e. The molecule has 2 aromatic rings. The van der Waals surface area contributed by atoms with E-state index in [0.717, 1.165) is 10.6 Å². The normalized spacial score (nSPS) is 14.2. The van der Waals surface area contributed by atoms with E-state index in [-0.39, 0.29) is 23.6 Å². The number of hydrogen-bond acceptors (Lipinski definition) is 4. The Morgan fingerprint density at radius 1 is 1.05 bits per heavy atom. The maximum absolute atomic E-state index is 12.1. The van der Waals surface area contributed by atoms with E-state index in [0.29, 0.717) is 5.71 Å². The van der Waals surface area contributed by atoms with E-state index < -0.39 is 5.97 Å². The molecule has 0 saturated carbocycles. The average molecular weight is 279 g/mol. The van der Waals surface area contributed by atoms with Gasteiger partial charge in [-0.2, -0.15) is 10.1 Å². The van der Waals surface area contributed by atoms with Crippen molar-refractivity contribution in [2.45, 2.75) is 6.42 Å². The summed E-state index contributed by atoms with van der Waals surface area (Å²) in [5, 5.41) is 16.5. The molecule has 0 N–H and O–H groups in total. The van der Waals surface area contributed by atoms with Crippen LogP contribution in [0.5, 0.6) is 0 Å². The molecule has 2 aromatic carbocycles. The number of amides is 1. The first-order valence-corrected chi connectivity index (χ1v) is 6.43. The highest BCUT2D eigenvalue weighted by molar-refractivity contribution is 6.20. The van der Waals surface area contributed by atoms with Crippen LogP contribution in [0.2, 0.25) is 0 Å². The number of anilines is 1. The summed E-state index contributed by atoms with van der Waals surface area (Å²) in [6, 6.07) is 15.5. The van der Waals surface area contributed by atoms with Gasteiger partial charge in [0.1, 0.15) is 0 Å². The van der Waals surface area contributed by atoms with Gasteiger partial charge in [0.05, 0.1) is 23.8 Å². The van der Waals surface area contributed by atoms with Crippen molar-refractivity contribution in [3.63, 3.8) is 0 Å². The van der Waals surface area contributed by atoms with E-state index in [9.17, 15) is 14.7 Å². The van der Waals surface area contributed by atoms with Crippen molar-refractivity contribution in [1.82, 2.24) is 0 Å². The molecule has 0 bridgehead atoms. The standard InChI is InChI=1S/C16H12N2O3/c19-15-10-13(11-6-2-1-3-7-11)17-18(15)14-9-5-4-8-12(14)16(20)21/h1-9H,10H2,(H,20,21)/p-1. The van der Waals surface area contributed by atoms with Crippen LogP contribution in [0.25, 0.3) is 0 Å². The monoisotopic (exact) mass is 279 g/mol. The van der Waals surface area contributed by atoms with E-state index in [2.05, 4.69) is 5.10 Å². The van der Waals surface area contributed by atoms with Gasteiger partial charge in [-0.25, -0.2) is 0 Å². The summed E-state index contributed by atoms with van der Waals surface area (Å²) in [5.74, 6) is -1.59. The van der Waals surface area contributed by atoms with Crippen molar-refractivity contribution < 1.29 is 14.7 Å². The van der Waals surface area contributed by atoms with Crippen LogP contribution in [0.1, 0.15) is 22.3 Å². The molecule has 1 heterocycles. The van der Waals surface area contributed by atoms with Gasteiger partial charge in [0, 0.05) is 5.56 Å². The molecule has 0 radical (unpaired) electrons. The number of carboxylic acid groups (broad SMARTS) is 1. The van der Waals surface area contributed by atoms with Crippen LogP contribution in [-0.2, 0) is 4.79 Å². The van der Waals surface area contributed by atoms with Gasteiger partial charge in [-0.15, -0.1) is 0 Å². The smallest absolute Gasteiger partial charge is 0.253 e. The Hall–Kier alpha value is -2.95. The second-order valence-corrected chi connectivity index (χ2v) is 4.60. The molecule has 1 aliphatic rings. The lowest BCUT2D eigenvalue weighted by atomic mass is 10.1. The Morgan fingerprint density at radius 2 is 1.71 bits per heavy atom. The first-order chi connectivity index (χ1) is 10.2. The summed E-state index contributed by atoms with van der Waals surface area (Å²) in [5.41, 5.74) is 1.64. The molecule has 0 fully saturated rings. The number of carbonyl (C=O) groups excluding carboxylic acids is 2. The van der Waals surface area contributed by atoms with Gasteiger partial charge < -0.3 is 9.90 Å². The maximum Gasteiger partial charge on any atom is 0.253 e. The van der Waals surface area contributed by atoms with E-state index in [1.165, 1.54) is 6.07 Å². The van der Waals surface area contributed by atoms with Crippen LogP contribution in [-0.4, -0.2) is 17.6 Å². The van der Waals surface area contributed by atoms with E-state index in [1.807, 2.05) is 30.3 Å². The van der Waals surface area contributed by atoms with Crippen molar-refractivity contribution in [2.75, 3.05) is 5.01 Å². The molecule has 5 nitrogen and oxygen atoms in total. The highest BCUT2D eigenvalue weighted by Gasteiger charge is 2.27. The third kappa shape index (κ3) is 2.41. The van der Waals surface area contributed by atoms with Crippen LogP contribution in [0.3, 0.4) is 0 Å². The summed E-state index contributed by atoms with van der Waals surface area (Å²) in [7, 11) is 0. The summed E-state index contributed by atoms with van der Waals surface area (Å²) in [6.45, 7) is 0. The molecule has 5 heteroatoms. The lowest BCUT2D eigenvalue weighted by molar-refractivity contribution is -0.254. The quantitative estimate of drug-likeness (QED) is 0.847. The number of hydrogen-bond donors (Lipinski definition) is 0. The van der Waals surface area contributed by atoms with E-state index in [1.54, 1.807) is 18.2 Å². The highest BCUT2D eigenvalue weighted by Crippen LogP contribution is 2.26. The van der Waals surface area contributed by atoms with Gasteiger partial charge in [0.2, 0.25) is 0 Å². The topological polar surface area (TPSA) is 72.8 Å². The summed E-state index contributed by atoms with van der Waals surface area (Å²) in [4.78, 5) is 23.3. The Bertz CT molecular complexity index is 738. The first-order valence-electron chi connectivity index (χ1n) is 6.43. The van der Waals surface area contributed by atoms with Crippen LogP contribution >= 0.6 is 0 Å². The maximum atomic E-state index is 12.1. The van der Waals surface area contributed by atoms with Crippen LogP contribution in [0, 0.1) is 0 Å². The van der Waals surface area contributed by atoms with Gasteiger partial charge in [0.15, 0.2) is 0 Å². The molecule has 0 saturated heterocycles. The zero-order valence-corrected chi connectivity index (χ0v) is 11.0. The number of hydrazone groups is 1. The number of aromatic carboxylic acids is 1. The van der Waals surface area contributed by atoms with E-state index >= 15 is 0 Å². The third-order valence-electron chi connectivity index (χ3n) is 3.23. The van der Waals surface area contributed by atoms with Crippen molar-refractivity contribution in [1.29, 1.82) is 0 Å². The Balaban J connectivity index is 2.02. The van der Waals surface area contributed by atoms with Gasteiger partial charge in [-0.1, -0.05) is 48.5 Å². The molecule has 0 atom stereocenters. The van der Waals surface area contributed by atoms with Crippen molar-refractivity contribution in [3.8, 4) is 0 Å². The molecule has 1 aliphatic heterocycles. The Morgan fingerprint density at radius 3 is 2.43 bits per heavy atom. The number of rotatable bonds is 3. The highest BCUT2D eigenvalue weighted by atomic mass is 16.4. The lowest BCUT2D eigenvalue weighted by Crippen LogP contribution is -2.27. The minimum Gasteiger partial charge on any atom is -0.545 e. The third-order valence-corrected chi connectivity index (χ3v) is 3.23. The number of carboxylic acids is 1. The zero-order valence-electron chi connectivity index (χ0n) is 11.0. The van der Waals surface area contributed by atoms with E-state index in [4.69, 9.17) is 0 Å². The second-order valence-electron chi connectivity index (χ2n) is 4.60. The molecule has 0 aromatic heterocycles. The fourth-order valence-corrected chi connectivity index (χ4v) is 2.24. The molecule has 0 aliphatic carbocycles. The SMILES string of the molecule is O=C([O-])c1ccccc1N1N=C(c2ccccc2)CC1=O. The molecule has 104 valence electrons. The van der Waals surface area contributed by atoms with Gasteiger partial charge in [-0.3, -0.25) is 4.79 Å². The second kappa shape index (κ2) is 5.20. The molecular weight excluding hydrogens is 268 g/mol. The fourth-order valence-electron chi connectivity index (χ4n) is 2.24. The number of benzene rings is 2.